The van der Waals surface area contributed by atoms with Gasteiger partial charge in [0.15, 0.2) is 11.5 Å². The zero-order valence-electron chi connectivity index (χ0n) is 16.5. The number of fused-ring (bicyclic) bond motifs is 1. The molecule has 2 aromatic rings. The van der Waals surface area contributed by atoms with Gasteiger partial charge in [-0.25, -0.2) is 0 Å². The molecule has 0 unspecified atom stereocenters. The lowest BCUT2D eigenvalue weighted by Crippen LogP contribution is -2.44. The fourth-order valence-electron chi connectivity index (χ4n) is 3.80. The van der Waals surface area contributed by atoms with E-state index in [4.69, 9.17) is 9.47 Å². The zero-order valence-corrected chi connectivity index (χ0v) is 17.3. The van der Waals surface area contributed by atoms with E-state index in [1.807, 2.05) is 18.7 Å². The molecule has 1 aliphatic rings. The van der Waals surface area contributed by atoms with Gasteiger partial charge >= 0.3 is 0 Å². The van der Waals surface area contributed by atoms with E-state index in [9.17, 15) is 4.79 Å². The van der Waals surface area contributed by atoms with Crippen LogP contribution >= 0.6 is 11.3 Å². The maximum atomic E-state index is 12.8. The molecule has 0 spiro atoms. The first kappa shape index (κ1) is 19.7. The lowest BCUT2D eigenvalue weighted by molar-refractivity contribution is -0.132. The average Bonchev–Trinajstić information content (AvgIpc) is 3.21. The van der Waals surface area contributed by atoms with Gasteiger partial charge in [0.25, 0.3) is 0 Å². The highest BCUT2D eigenvalue weighted by Gasteiger charge is 2.32. The van der Waals surface area contributed by atoms with Crippen LogP contribution in [0.3, 0.4) is 0 Å². The van der Waals surface area contributed by atoms with Gasteiger partial charge < -0.3 is 14.4 Å². The van der Waals surface area contributed by atoms with Crippen LogP contribution in [0.4, 0.5) is 0 Å². The summed E-state index contributed by atoms with van der Waals surface area (Å²) in [5, 5.41) is 2.09. The number of rotatable bonds is 7. The van der Waals surface area contributed by atoms with Crippen molar-refractivity contribution in [1.29, 1.82) is 0 Å². The van der Waals surface area contributed by atoms with Gasteiger partial charge in [0.05, 0.1) is 26.8 Å². The lowest BCUT2D eigenvalue weighted by atomic mass is 9.91. The first-order chi connectivity index (χ1) is 13.1. The summed E-state index contributed by atoms with van der Waals surface area (Å²) in [4.78, 5) is 18.2. The number of ether oxygens (including phenoxy) is 2. The summed E-state index contributed by atoms with van der Waals surface area (Å²) < 4.78 is 11.0. The van der Waals surface area contributed by atoms with E-state index < -0.39 is 0 Å². The average molecular weight is 389 g/mol. The summed E-state index contributed by atoms with van der Waals surface area (Å²) in [5.74, 6) is 1.68. The van der Waals surface area contributed by atoms with Crippen LogP contribution in [-0.2, 0) is 11.2 Å². The van der Waals surface area contributed by atoms with Crippen LogP contribution in [0, 0.1) is 0 Å². The minimum atomic E-state index is 0.0630. The number of hydrogen-bond donors (Lipinski definition) is 0. The SMILES string of the molecule is CCN(CC)C(=O)CN1CCc2cc(OC)c(OC)cc2[C@@H]1c1cccs1. The Hall–Kier alpha value is -2.05. The van der Waals surface area contributed by atoms with Crippen molar-refractivity contribution in [2.24, 2.45) is 0 Å². The maximum Gasteiger partial charge on any atom is 0.236 e. The number of nitrogens with zero attached hydrogens (tertiary/aromatic N) is 2. The van der Waals surface area contributed by atoms with Crippen LogP contribution in [0.5, 0.6) is 11.5 Å². The Morgan fingerprint density at radius 3 is 2.52 bits per heavy atom. The van der Waals surface area contributed by atoms with Gasteiger partial charge in [-0.15, -0.1) is 11.3 Å². The van der Waals surface area contributed by atoms with Gasteiger partial charge in [0.2, 0.25) is 5.91 Å². The summed E-state index contributed by atoms with van der Waals surface area (Å²) >= 11 is 1.73. The first-order valence-electron chi connectivity index (χ1n) is 9.42. The van der Waals surface area contributed by atoms with E-state index in [2.05, 4.69) is 34.5 Å². The molecule has 0 aliphatic carbocycles. The highest BCUT2D eigenvalue weighted by Crippen LogP contribution is 2.42. The minimum Gasteiger partial charge on any atom is -0.493 e. The summed E-state index contributed by atoms with van der Waals surface area (Å²) in [6.07, 6.45) is 0.892. The standard InChI is InChI=1S/C21H28N2O3S/c1-5-22(6-2)20(24)14-23-10-9-15-12-17(25-3)18(26-4)13-16(15)21(23)19-8-7-11-27-19/h7-8,11-13,21H,5-6,9-10,14H2,1-4H3/t21-/m1/s1. The summed E-state index contributed by atoms with van der Waals surface area (Å²) in [5.41, 5.74) is 2.46. The van der Waals surface area contributed by atoms with E-state index in [1.54, 1.807) is 25.6 Å². The van der Waals surface area contributed by atoms with Crippen molar-refractivity contribution < 1.29 is 14.3 Å². The van der Waals surface area contributed by atoms with Crippen LogP contribution in [0.2, 0.25) is 0 Å². The van der Waals surface area contributed by atoms with Crippen molar-refractivity contribution >= 4 is 17.2 Å². The van der Waals surface area contributed by atoms with Crippen molar-refractivity contribution in [3.05, 3.63) is 45.6 Å². The molecule has 146 valence electrons. The highest BCUT2D eigenvalue weighted by atomic mass is 32.1. The molecule has 3 rings (SSSR count). The van der Waals surface area contributed by atoms with Gasteiger partial charge in [0, 0.05) is 24.5 Å². The van der Waals surface area contributed by atoms with Crippen molar-refractivity contribution in [1.82, 2.24) is 9.80 Å². The smallest absolute Gasteiger partial charge is 0.236 e. The molecule has 5 nitrogen and oxygen atoms in total. The normalized spacial score (nSPS) is 16.7. The first-order valence-corrected chi connectivity index (χ1v) is 10.3. The van der Waals surface area contributed by atoms with Crippen molar-refractivity contribution in [2.45, 2.75) is 26.3 Å². The second-order valence-electron chi connectivity index (χ2n) is 6.61. The molecule has 1 aromatic heterocycles. The number of likely N-dealkylation sites (N-methyl/N-ethyl adjacent to an activating group) is 1. The molecule has 0 radical (unpaired) electrons. The fraction of sp³-hybridized carbons (Fsp3) is 0.476. The zero-order chi connectivity index (χ0) is 19.4. The van der Waals surface area contributed by atoms with Gasteiger partial charge in [-0.3, -0.25) is 9.69 Å². The predicted molar refractivity (Wildman–Crippen MR) is 109 cm³/mol. The van der Waals surface area contributed by atoms with Crippen LogP contribution in [0.15, 0.2) is 29.6 Å². The molecule has 1 amide bonds. The lowest BCUT2D eigenvalue weighted by Gasteiger charge is -2.37. The van der Waals surface area contributed by atoms with Crippen LogP contribution < -0.4 is 9.47 Å². The van der Waals surface area contributed by atoms with E-state index in [0.29, 0.717) is 6.54 Å². The molecule has 0 fully saturated rings. The summed E-state index contributed by atoms with van der Waals surface area (Å²) in [7, 11) is 3.33. The fourth-order valence-corrected chi connectivity index (χ4v) is 4.67. The minimum absolute atomic E-state index is 0.0630. The molecule has 27 heavy (non-hydrogen) atoms. The Morgan fingerprint density at radius 1 is 1.22 bits per heavy atom. The maximum absolute atomic E-state index is 12.8. The molecular formula is C21H28N2O3S. The quantitative estimate of drug-likeness (QED) is 0.727. The molecular weight excluding hydrogens is 360 g/mol. The topological polar surface area (TPSA) is 42.0 Å². The third-order valence-electron chi connectivity index (χ3n) is 5.24. The number of carbonyl (C=O) groups excluding carboxylic acids is 1. The largest absolute Gasteiger partial charge is 0.493 e. The number of carbonyl (C=O) groups is 1. The number of hydrogen-bond acceptors (Lipinski definition) is 5. The Morgan fingerprint density at radius 2 is 1.93 bits per heavy atom. The summed E-state index contributed by atoms with van der Waals surface area (Å²) in [6, 6.07) is 8.44. The predicted octanol–water partition coefficient (Wildman–Crippen LogP) is 3.58. The number of methoxy groups -OCH3 is 2. The van der Waals surface area contributed by atoms with Crippen molar-refractivity contribution in [3.63, 3.8) is 0 Å². The third-order valence-corrected chi connectivity index (χ3v) is 6.17. The Balaban J connectivity index is 1.99. The van der Waals surface area contributed by atoms with Crippen LogP contribution in [-0.4, -0.2) is 56.1 Å². The van der Waals surface area contributed by atoms with Crippen molar-refractivity contribution in [2.75, 3.05) is 40.4 Å². The third kappa shape index (κ3) is 3.96. The molecule has 6 heteroatoms. The van der Waals surface area contributed by atoms with E-state index in [1.165, 1.54) is 16.0 Å². The van der Waals surface area contributed by atoms with Crippen LogP contribution in [0.1, 0.15) is 35.9 Å². The molecule has 0 N–H and O–H groups in total. The van der Waals surface area contributed by atoms with E-state index in [-0.39, 0.29) is 11.9 Å². The molecule has 1 atom stereocenters. The van der Waals surface area contributed by atoms with Gasteiger partial charge in [0.1, 0.15) is 0 Å². The number of benzene rings is 1. The van der Waals surface area contributed by atoms with E-state index >= 15 is 0 Å². The number of amides is 1. The van der Waals surface area contributed by atoms with Gasteiger partial charge in [-0.1, -0.05) is 6.07 Å². The van der Waals surface area contributed by atoms with E-state index in [0.717, 1.165) is 37.6 Å². The van der Waals surface area contributed by atoms with Gasteiger partial charge in [-0.2, -0.15) is 0 Å². The number of thiophene rings is 1. The van der Waals surface area contributed by atoms with Crippen molar-refractivity contribution in [3.8, 4) is 11.5 Å². The van der Waals surface area contributed by atoms with Crippen LogP contribution in [0.25, 0.3) is 0 Å². The Kier molecular flexibility index (Phi) is 6.39. The monoisotopic (exact) mass is 388 g/mol. The molecule has 0 bridgehead atoms. The molecule has 1 aliphatic heterocycles. The second kappa shape index (κ2) is 8.76. The Bertz CT molecular complexity index is 772. The summed E-state index contributed by atoms with van der Waals surface area (Å²) in [6.45, 7) is 6.82. The molecule has 2 heterocycles. The second-order valence-corrected chi connectivity index (χ2v) is 7.59. The Labute approximate surface area is 165 Å². The molecule has 0 saturated heterocycles. The molecule has 1 aromatic carbocycles. The van der Waals surface area contributed by atoms with Gasteiger partial charge in [-0.05, 0) is 55.0 Å². The highest BCUT2D eigenvalue weighted by molar-refractivity contribution is 7.10. The molecule has 0 saturated carbocycles.